The van der Waals surface area contributed by atoms with Crippen LogP contribution >= 0.6 is 11.3 Å². The number of fused-ring (bicyclic) bond motifs is 1. The van der Waals surface area contributed by atoms with Gasteiger partial charge in [-0.2, -0.15) is 0 Å². The molecule has 0 radical (unpaired) electrons. The summed E-state index contributed by atoms with van der Waals surface area (Å²) in [5, 5.41) is 3.74. The van der Waals surface area contributed by atoms with Crippen LogP contribution in [0.3, 0.4) is 0 Å². The summed E-state index contributed by atoms with van der Waals surface area (Å²) in [5.74, 6) is 2.01. The zero-order valence-corrected chi connectivity index (χ0v) is 10.9. The summed E-state index contributed by atoms with van der Waals surface area (Å²) in [5.41, 5.74) is 0. The number of rotatable bonds is 3. The van der Waals surface area contributed by atoms with Gasteiger partial charge >= 0.3 is 0 Å². The first-order chi connectivity index (χ1) is 7.83. The third kappa shape index (κ3) is 2.05. The molecule has 1 aliphatic heterocycles. The summed E-state index contributed by atoms with van der Waals surface area (Å²) in [4.78, 5) is 3.02. The number of nitrogens with one attached hydrogen (secondary N) is 1. The number of thiophene rings is 1. The van der Waals surface area contributed by atoms with Crippen LogP contribution in [0, 0.1) is 18.8 Å². The lowest BCUT2D eigenvalue weighted by molar-refractivity contribution is 0.394. The molecule has 0 aromatic carbocycles. The van der Waals surface area contributed by atoms with E-state index in [0.717, 1.165) is 17.9 Å². The van der Waals surface area contributed by atoms with Crippen LogP contribution in [-0.2, 0) is 6.42 Å². The van der Waals surface area contributed by atoms with Crippen molar-refractivity contribution >= 4 is 11.3 Å². The summed E-state index contributed by atoms with van der Waals surface area (Å²) in [6.07, 6.45) is 7.06. The molecule has 2 fully saturated rings. The predicted octanol–water partition coefficient (Wildman–Crippen LogP) is 3.38. The Labute approximate surface area is 102 Å². The molecule has 1 aliphatic carbocycles. The van der Waals surface area contributed by atoms with E-state index in [2.05, 4.69) is 24.4 Å². The normalized spacial score (nSPS) is 33.2. The number of hydrogen-bond acceptors (Lipinski definition) is 2. The summed E-state index contributed by atoms with van der Waals surface area (Å²) < 4.78 is 0. The highest BCUT2D eigenvalue weighted by molar-refractivity contribution is 7.11. The van der Waals surface area contributed by atoms with Crippen LogP contribution in [0.2, 0.25) is 0 Å². The maximum atomic E-state index is 3.74. The molecule has 1 saturated heterocycles. The van der Waals surface area contributed by atoms with Crippen LogP contribution in [-0.4, -0.2) is 12.6 Å². The van der Waals surface area contributed by atoms with E-state index in [0.29, 0.717) is 0 Å². The van der Waals surface area contributed by atoms with E-state index in [-0.39, 0.29) is 0 Å². The second kappa shape index (κ2) is 4.50. The monoisotopic (exact) mass is 235 g/mol. The first-order valence-corrected chi connectivity index (χ1v) is 7.43. The van der Waals surface area contributed by atoms with Crippen LogP contribution in [0.4, 0.5) is 0 Å². The molecule has 1 N–H and O–H groups in total. The molecule has 16 heavy (non-hydrogen) atoms. The Hall–Kier alpha value is -0.340. The van der Waals surface area contributed by atoms with Gasteiger partial charge in [0.1, 0.15) is 0 Å². The van der Waals surface area contributed by atoms with E-state index in [9.17, 15) is 0 Å². The Morgan fingerprint density at radius 1 is 1.38 bits per heavy atom. The van der Waals surface area contributed by atoms with Crippen LogP contribution in [0.5, 0.6) is 0 Å². The van der Waals surface area contributed by atoms with Crippen LogP contribution in [0.15, 0.2) is 12.1 Å². The molecule has 88 valence electrons. The highest BCUT2D eigenvalue weighted by Crippen LogP contribution is 2.39. The van der Waals surface area contributed by atoms with Gasteiger partial charge in [0, 0.05) is 15.8 Å². The summed E-state index contributed by atoms with van der Waals surface area (Å²) >= 11 is 1.97. The lowest BCUT2D eigenvalue weighted by Crippen LogP contribution is -2.27. The van der Waals surface area contributed by atoms with E-state index < -0.39 is 0 Å². The SMILES string of the molecule is Cc1ccc(CCC2NCC3CCCC32)s1. The van der Waals surface area contributed by atoms with Crippen molar-refractivity contribution in [2.75, 3.05) is 6.54 Å². The van der Waals surface area contributed by atoms with E-state index >= 15 is 0 Å². The van der Waals surface area contributed by atoms with Crippen molar-refractivity contribution in [3.63, 3.8) is 0 Å². The van der Waals surface area contributed by atoms with Crippen molar-refractivity contribution < 1.29 is 0 Å². The van der Waals surface area contributed by atoms with Gasteiger partial charge in [0.05, 0.1) is 0 Å². The number of hydrogen-bond donors (Lipinski definition) is 1. The van der Waals surface area contributed by atoms with Gasteiger partial charge in [-0.1, -0.05) is 6.42 Å². The minimum Gasteiger partial charge on any atom is -0.313 e. The molecule has 3 atom stereocenters. The zero-order chi connectivity index (χ0) is 11.0. The Morgan fingerprint density at radius 2 is 2.31 bits per heavy atom. The van der Waals surface area contributed by atoms with Crippen molar-refractivity contribution in [1.29, 1.82) is 0 Å². The second-order valence-corrected chi connectivity index (χ2v) is 6.79. The first-order valence-electron chi connectivity index (χ1n) is 6.61. The quantitative estimate of drug-likeness (QED) is 0.847. The molecule has 0 bridgehead atoms. The van der Waals surface area contributed by atoms with Gasteiger partial charge in [-0.3, -0.25) is 0 Å². The molecule has 0 spiro atoms. The van der Waals surface area contributed by atoms with Gasteiger partial charge in [0.25, 0.3) is 0 Å². The lowest BCUT2D eigenvalue weighted by Gasteiger charge is -2.17. The van der Waals surface area contributed by atoms with Crippen LogP contribution in [0.1, 0.15) is 35.4 Å². The molecule has 1 nitrogen and oxygen atoms in total. The average Bonchev–Trinajstić information content (AvgIpc) is 2.91. The van der Waals surface area contributed by atoms with E-state index in [1.807, 2.05) is 11.3 Å². The highest BCUT2D eigenvalue weighted by atomic mass is 32.1. The standard InChI is InChI=1S/C14H21NS/c1-10-5-6-12(16-10)7-8-14-13-4-2-3-11(13)9-15-14/h5-6,11,13-15H,2-4,7-9H2,1H3. The minimum atomic E-state index is 0.815. The largest absolute Gasteiger partial charge is 0.313 e. The fraction of sp³-hybridized carbons (Fsp3) is 0.714. The van der Waals surface area contributed by atoms with Gasteiger partial charge < -0.3 is 5.32 Å². The fourth-order valence-corrected chi connectivity index (χ4v) is 4.44. The van der Waals surface area contributed by atoms with Crippen molar-refractivity contribution in [3.05, 3.63) is 21.9 Å². The lowest BCUT2D eigenvalue weighted by atomic mass is 9.91. The van der Waals surface area contributed by atoms with Gasteiger partial charge in [0.2, 0.25) is 0 Å². The Balaban J connectivity index is 1.55. The molecular weight excluding hydrogens is 214 g/mol. The minimum absolute atomic E-state index is 0.815. The second-order valence-electron chi connectivity index (χ2n) is 5.42. The average molecular weight is 235 g/mol. The maximum absolute atomic E-state index is 3.74. The molecule has 1 aromatic rings. The first kappa shape index (κ1) is 10.8. The molecule has 1 saturated carbocycles. The van der Waals surface area contributed by atoms with Crippen molar-refractivity contribution in [1.82, 2.24) is 5.32 Å². The van der Waals surface area contributed by atoms with Gasteiger partial charge in [-0.05, 0) is 63.1 Å². The molecule has 3 unspecified atom stereocenters. The Morgan fingerprint density at radius 3 is 3.12 bits per heavy atom. The van der Waals surface area contributed by atoms with E-state index in [1.165, 1.54) is 43.5 Å². The van der Waals surface area contributed by atoms with Crippen molar-refractivity contribution in [2.24, 2.45) is 11.8 Å². The van der Waals surface area contributed by atoms with E-state index in [4.69, 9.17) is 0 Å². The summed E-state index contributed by atoms with van der Waals surface area (Å²) in [6, 6.07) is 5.37. The van der Waals surface area contributed by atoms with Crippen molar-refractivity contribution in [3.8, 4) is 0 Å². The molecule has 2 heterocycles. The summed E-state index contributed by atoms with van der Waals surface area (Å²) in [6.45, 7) is 3.49. The topological polar surface area (TPSA) is 12.0 Å². The third-order valence-corrected chi connectivity index (χ3v) is 5.44. The van der Waals surface area contributed by atoms with Gasteiger partial charge in [-0.15, -0.1) is 11.3 Å². The predicted molar refractivity (Wildman–Crippen MR) is 70.0 cm³/mol. The molecular formula is C14H21NS. The maximum Gasteiger partial charge on any atom is 0.0102 e. The molecule has 3 rings (SSSR count). The molecule has 0 amide bonds. The fourth-order valence-electron chi connectivity index (χ4n) is 3.54. The summed E-state index contributed by atoms with van der Waals surface area (Å²) in [7, 11) is 0. The van der Waals surface area contributed by atoms with Crippen molar-refractivity contribution in [2.45, 2.75) is 45.1 Å². The van der Waals surface area contributed by atoms with Crippen LogP contribution < -0.4 is 5.32 Å². The van der Waals surface area contributed by atoms with Gasteiger partial charge in [0.15, 0.2) is 0 Å². The Bertz CT molecular complexity index is 357. The van der Waals surface area contributed by atoms with E-state index in [1.54, 1.807) is 4.88 Å². The molecule has 1 aromatic heterocycles. The van der Waals surface area contributed by atoms with Gasteiger partial charge in [-0.25, -0.2) is 0 Å². The number of aryl methyl sites for hydroxylation is 2. The zero-order valence-electron chi connectivity index (χ0n) is 10.0. The molecule has 2 aliphatic rings. The smallest absolute Gasteiger partial charge is 0.0102 e. The van der Waals surface area contributed by atoms with Crippen LogP contribution in [0.25, 0.3) is 0 Å². The third-order valence-electron chi connectivity index (χ3n) is 4.37. The Kier molecular flexibility index (Phi) is 3.03. The highest BCUT2D eigenvalue weighted by Gasteiger charge is 2.38. The molecule has 2 heteroatoms.